The first kappa shape index (κ1) is 13.9. The maximum Gasteiger partial charge on any atom is 0.232 e. The summed E-state index contributed by atoms with van der Waals surface area (Å²) in [5.41, 5.74) is 6.27. The lowest BCUT2D eigenvalue weighted by molar-refractivity contribution is 0.597. The number of nitrogens with one attached hydrogen (secondary N) is 1. The van der Waals surface area contributed by atoms with Crippen LogP contribution in [-0.4, -0.2) is 20.7 Å². The molecule has 0 spiro atoms. The smallest absolute Gasteiger partial charge is 0.232 e. The van der Waals surface area contributed by atoms with Crippen molar-refractivity contribution in [2.24, 2.45) is 5.73 Å². The lowest BCUT2D eigenvalue weighted by Crippen LogP contribution is -2.18. The van der Waals surface area contributed by atoms with Gasteiger partial charge in [-0.15, -0.1) is 0 Å². The summed E-state index contributed by atoms with van der Waals surface area (Å²) in [7, 11) is -3.42. The minimum Gasteiger partial charge on any atom is -0.330 e. The molecule has 0 aliphatic heterocycles. The highest BCUT2D eigenvalue weighted by molar-refractivity contribution is 7.92. The van der Waals surface area contributed by atoms with Gasteiger partial charge in [-0.25, -0.2) is 12.8 Å². The van der Waals surface area contributed by atoms with Gasteiger partial charge in [0.05, 0.1) is 11.4 Å². The number of benzene rings is 1. The lowest BCUT2D eigenvalue weighted by Gasteiger charge is -2.10. The summed E-state index contributed by atoms with van der Waals surface area (Å²) in [6.45, 7) is 2.19. The van der Waals surface area contributed by atoms with E-state index in [4.69, 9.17) is 5.73 Å². The Morgan fingerprint density at radius 2 is 2.06 bits per heavy atom. The number of hydrogen-bond donors (Lipinski definition) is 2. The maximum atomic E-state index is 13.0. The SMILES string of the molecule is Cc1ccc(F)cc1NS(=O)(=O)CCCCN. The van der Waals surface area contributed by atoms with Gasteiger partial charge in [-0.2, -0.15) is 0 Å². The Hall–Kier alpha value is -1.14. The van der Waals surface area contributed by atoms with Crippen LogP contribution in [0.2, 0.25) is 0 Å². The van der Waals surface area contributed by atoms with Crippen LogP contribution in [0.5, 0.6) is 0 Å². The molecule has 0 atom stereocenters. The Kier molecular flexibility index (Phi) is 4.89. The molecule has 0 bridgehead atoms. The van der Waals surface area contributed by atoms with Gasteiger partial charge in [-0.1, -0.05) is 6.07 Å². The standard InChI is InChI=1S/C11H17FN2O2S/c1-9-4-5-10(12)8-11(9)14-17(15,16)7-3-2-6-13/h4-5,8,14H,2-3,6-7,13H2,1H3. The molecule has 0 heterocycles. The Morgan fingerprint density at radius 3 is 2.71 bits per heavy atom. The van der Waals surface area contributed by atoms with Gasteiger partial charge in [0.15, 0.2) is 0 Å². The van der Waals surface area contributed by atoms with Crippen LogP contribution in [0.4, 0.5) is 10.1 Å². The molecule has 1 aromatic carbocycles. The molecule has 96 valence electrons. The average molecular weight is 260 g/mol. The number of sulfonamides is 1. The van der Waals surface area contributed by atoms with Crippen LogP contribution < -0.4 is 10.5 Å². The molecular formula is C11H17FN2O2S. The van der Waals surface area contributed by atoms with Crippen molar-refractivity contribution < 1.29 is 12.8 Å². The molecule has 0 amide bonds. The van der Waals surface area contributed by atoms with Gasteiger partial charge in [-0.3, -0.25) is 4.72 Å². The first-order valence-corrected chi connectivity index (χ1v) is 7.06. The summed E-state index contributed by atoms with van der Waals surface area (Å²) in [4.78, 5) is 0. The fourth-order valence-corrected chi connectivity index (χ4v) is 2.60. The molecule has 0 aromatic heterocycles. The van der Waals surface area contributed by atoms with Crippen molar-refractivity contribution >= 4 is 15.7 Å². The Balaban J connectivity index is 2.72. The van der Waals surface area contributed by atoms with Crippen LogP contribution >= 0.6 is 0 Å². The van der Waals surface area contributed by atoms with Crippen molar-refractivity contribution in [1.82, 2.24) is 0 Å². The normalized spacial score (nSPS) is 11.5. The largest absolute Gasteiger partial charge is 0.330 e. The van der Waals surface area contributed by atoms with Crippen molar-refractivity contribution in [3.63, 3.8) is 0 Å². The van der Waals surface area contributed by atoms with E-state index >= 15 is 0 Å². The van der Waals surface area contributed by atoms with E-state index < -0.39 is 15.8 Å². The molecule has 4 nitrogen and oxygen atoms in total. The monoisotopic (exact) mass is 260 g/mol. The topological polar surface area (TPSA) is 72.2 Å². The number of rotatable bonds is 6. The zero-order chi connectivity index (χ0) is 12.9. The molecule has 0 aliphatic carbocycles. The number of unbranched alkanes of at least 4 members (excludes halogenated alkanes) is 1. The van der Waals surface area contributed by atoms with Gasteiger partial charge >= 0.3 is 0 Å². The van der Waals surface area contributed by atoms with E-state index in [9.17, 15) is 12.8 Å². The number of hydrogen-bond acceptors (Lipinski definition) is 3. The first-order chi connectivity index (χ1) is 7.94. The summed E-state index contributed by atoms with van der Waals surface area (Å²) in [5.74, 6) is -0.463. The Bertz CT molecular complexity index is 474. The highest BCUT2D eigenvalue weighted by atomic mass is 32.2. The van der Waals surface area contributed by atoms with Gasteiger partial charge in [0, 0.05) is 0 Å². The van der Waals surface area contributed by atoms with Gasteiger partial charge in [0.1, 0.15) is 5.82 Å². The summed E-state index contributed by atoms with van der Waals surface area (Å²) in [6.07, 6.45) is 1.16. The van der Waals surface area contributed by atoms with E-state index in [-0.39, 0.29) is 11.4 Å². The van der Waals surface area contributed by atoms with E-state index in [0.717, 1.165) is 0 Å². The van der Waals surface area contributed by atoms with Crippen LogP contribution in [0.1, 0.15) is 18.4 Å². The molecule has 0 radical (unpaired) electrons. The van der Waals surface area contributed by atoms with E-state index in [1.807, 2.05) is 0 Å². The highest BCUT2D eigenvalue weighted by Gasteiger charge is 2.11. The van der Waals surface area contributed by atoms with Crippen LogP contribution in [0.3, 0.4) is 0 Å². The van der Waals surface area contributed by atoms with Gasteiger partial charge in [-0.05, 0) is 44.0 Å². The van der Waals surface area contributed by atoms with Crippen molar-refractivity contribution in [3.05, 3.63) is 29.6 Å². The third-order valence-corrected chi connectivity index (χ3v) is 3.69. The number of aryl methyl sites for hydroxylation is 1. The third-order valence-electron chi connectivity index (χ3n) is 2.33. The average Bonchev–Trinajstić information content (AvgIpc) is 2.23. The second-order valence-corrected chi connectivity index (χ2v) is 5.72. The molecule has 0 aliphatic rings. The van der Waals surface area contributed by atoms with Crippen molar-refractivity contribution in [1.29, 1.82) is 0 Å². The predicted octanol–water partition coefficient (Wildman–Crippen LogP) is 1.61. The number of nitrogens with two attached hydrogens (primary N) is 1. The minimum absolute atomic E-state index is 0.000152. The van der Waals surface area contributed by atoms with Crippen LogP contribution in [0, 0.1) is 12.7 Å². The quantitative estimate of drug-likeness (QED) is 0.763. The van der Waals surface area contributed by atoms with Gasteiger partial charge in [0.2, 0.25) is 10.0 Å². The highest BCUT2D eigenvalue weighted by Crippen LogP contribution is 2.17. The van der Waals surface area contributed by atoms with E-state index in [0.29, 0.717) is 24.9 Å². The Labute approximate surface area is 101 Å². The number of halogens is 1. The molecule has 0 saturated carbocycles. The minimum atomic E-state index is -3.42. The molecule has 6 heteroatoms. The van der Waals surface area contributed by atoms with Crippen molar-refractivity contribution in [2.45, 2.75) is 19.8 Å². The summed E-state index contributed by atoms with van der Waals surface area (Å²) < 4.78 is 38.7. The molecule has 1 rings (SSSR count). The van der Waals surface area contributed by atoms with E-state index in [1.54, 1.807) is 6.92 Å². The first-order valence-electron chi connectivity index (χ1n) is 5.41. The zero-order valence-electron chi connectivity index (χ0n) is 9.74. The molecular weight excluding hydrogens is 243 g/mol. The van der Waals surface area contributed by atoms with Gasteiger partial charge < -0.3 is 5.73 Å². The molecule has 0 unspecified atom stereocenters. The fraction of sp³-hybridized carbons (Fsp3) is 0.455. The molecule has 0 fully saturated rings. The van der Waals surface area contributed by atoms with Crippen molar-refractivity contribution in [2.75, 3.05) is 17.0 Å². The zero-order valence-corrected chi connectivity index (χ0v) is 10.6. The second kappa shape index (κ2) is 5.97. The Morgan fingerprint density at radius 1 is 1.35 bits per heavy atom. The van der Waals surface area contributed by atoms with Crippen LogP contribution in [0.25, 0.3) is 0 Å². The maximum absolute atomic E-state index is 13.0. The fourth-order valence-electron chi connectivity index (χ4n) is 1.36. The van der Waals surface area contributed by atoms with Crippen molar-refractivity contribution in [3.8, 4) is 0 Å². The summed E-state index contributed by atoms with van der Waals surface area (Å²) in [6, 6.07) is 4.00. The van der Waals surface area contributed by atoms with Gasteiger partial charge in [0.25, 0.3) is 0 Å². The van der Waals surface area contributed by atoms with Crippen LogP contribution in [0.15, 0.2) is 18.2 Å². The third kappa shape index (κ3) is 4.70. The molecule has 0 saturated heterocycles. The predicted molar refractivity (Wildman–Crippen MR) is 66.8 cm³/mol. The molecule has 3 N–H and O–H groups in total. The summed E-state index contributed by atoms with van der Waals surface area (Å²) >= 11 is 0. The van der Waals surface area contributed by atoms with E-state index in [2.05, 4.69) is 4.72 Å². The van der Waals surface area contributed by atoms with E-state index in [1.165, 1.54) is 18.2 Å². The molecule has 17 heavy (non-hydrogen) atoms. The molecule has 1 aromatic rings. The second-order valence-electron chi connectivity index (χ2n) is 3.88. The van der Waals surface area contributed by atoms with Crippen LogP contribution in [-0.2, 0) is 10.0 Å². The number of anilines is 1. The lowest BCUT2D eigenvalue weighted by atomic mass is 10.2. The summed E-state index contributed by atoms with van der Waals surface area (Å²) in [5, 5.41) is 0.